The molecule has 0 spiro atoms. The number of allylic oxidation sites excluding steroid dienone is 1. The van der Waals surface area contributed by atoms with E-state index in [1.807, 2.05) is 0 Å². The van der Waals surface area contributed by atoms with Crippen LogP contribution in [0.2, 0.25) is 0 Å². The molecular weight excluding hydrogens is 717 g/mol. The monoisotopic (exact) mass is 772 g/mol. The Morgan fingerprint density at radius 3 is 2.54 bits per heavy atom. The predicted molar refractivity (Wildman–Crippen MR) is 218 cm³/mol. The molecule has 11 rings (SSSR count). The van der Waals surface area contributed by atoms with E-state index in [9.17, 15) is 14.4 Å². The Bertz CT molecular complexity index is 2360. The van der Waals surface area contributed by atoms with Gasteiger partial charge in [0.2, 0.25) is 0 Å². The molecule has 7 aliphatic rings. The minimum absolute atomic E-state index is 0.0601. The second-order valence-electron chi connectivity index (χ2n) is 18.3. The fourth-order valence-corrected chi connectivity index (χ4v) is 13.8. The van der Waals surface area contributed by atoms with Crippen molar-refractivity contribution in [2.24, 2.45) is 23.2 Å². The summed E-state index contributed by atoms with van der Waals surface area (Å²) in [7, 11) is 3.05. The van der Waals surface area contributed by atoms with Crippen LogP contribution >= 0.6 is 0 Å². The van der Waals surface area contributed by atoms with Crippen LogP contribution in [-0.2, 0) is 46.9 Å². The van der Waals surface area contributed by atoms with Crippen LogP contribution < -0.4 is 0 Å². The van der Waals surface area contributed by atoms with Gasteiger partial charge in [-0.1, -0.05) is 61.4 Å². The van der Waals surface area contributed by atoms with E-state index in [1.54, 1.807) is 6.92 Å². The maximum Gasteiger partial charge on any atom is 0.319 e. The topological polar surface area (TPSA) is 117 Å². The van der Waals surface area contributed by atoms with Crippen LogP contribution in [0.15, 0.2) is 54.1 Å². The van der Waals surface area contributed by atoms with Crippen LogP contribution in [0, 0.1) is 23.2 Å². The van der Waals surface area contributed by atoms with Crippen molar-refractivity contribution in [1.82, 2.24) is 19.8 Å². The van der Waals surface area contributed by atoms with Gasteiger partial charge in [0.1, 0.15) is 16.6 Å². The highest BCUT2D eigenvalue weighted by atomic mass is 16.5. The number of nitrogens with zero attached hydrogens (tertiary/aromatic N) is 2. The highest BCUT2D eigenvalue weighted by molar-refractivity contribution is 5.94. The van der Waals surface area contributed by atoms with Gasteiger partial charge in [0.15, 0.2) is 0 Å². The first-order valence-corrected chi connectivity index (χ1v) is 21.2. The van der Waals surface area contributed by atoms with Crippen molar-refractivity contribution in [3.63, 3.8) is 0 Å². The van der Waals surface area contributed by atoms with E-state index in [4.69, 9.17) is 14.2 Å². The summed E-state index contributed by atoms with van der Waals surface area (Å²) in [5, 5.41) is 2.32. The number of esters is 2. The molecule has 2 aromatic heterocycles. The molecule has 0 radical (unpaired) electrons. The van der Waals surface area contributed by atoms with Gasteiger partial charge >= 0.3 is 11.9 Å². The van der Waals surface area contributed by atoms with Crippen LogP contribution in [-0.4, -0.2) is 95.8 Å². The van der Waals surface area contributed by atoms with Crippen molar-refractivity contribution in [1.29, 1.82) is 0 Å². The van der Waals surface area contributed by atoms with Crippen molar-refractivity contribution >= 4 is 39.5 Å². The Kier molecular flexibility index (Phi) is 8.53. The molecule has 0 amide bonds. The van der Waals surface area contributed by atoms with Crippen LogP contribution in [0.4, 0.5) is 0 Å². The number of fused-ring (bicyclic) bond motifs is 7. The Morgan fingerprint density at radius 2 is 1.79 bits per heavy atom. The summed E-state index contributed by atoms with van der Waals surface area (Å²) in [6.07, 6.45) is 7.51. The van der Waals surface area contributed by atoms with E-state index >= 15 is 0 Å². The van der Waals surface area contributed by atoms with Gasteiger partial charge in [0.25, 0.3) is 0 Å². The van der Waals surface area contributed by atoms with E-state index < -0.39 is 16.4 Å². The van der Waals surface area contributed by atoms with Crippen LogP contribution in [0.5, 0.6) is 0 Å². The third-order valence-corrected chi connectivity index (χ3v) is 16.2. The average molecular weight is 773 g/mol. The number of carbonyl (C=O) groups is 3. The molecule has 2 aliphatic carbocycles. The Labute approximate surface area is 334 Å². The smallest absolute Gasteiger partial charge is 0.319 e. The fourth-order valence-electron chi connectivity index (χ4n) is 13.8. The van der Waals surface area contributed by atoms with Crippen LogP contribution in [0.25, 0.3) is 21.8 Å². The number of aromatic amines is 2. The van der Waals surface area contributed by atoms with Crippen LogP contribution in [0.1, 0.15) is 93.8 Å². The first kappa shape index (κ1) is 37.0. The highest BCUT2D eigenvalue weighted by Gasteiger charge is 2.68. The number of methoxy groups -OCH3 is 2. The number of ketones is 1. The molecule has 4 saturated heterocycles. The Morgan fingerprint density at radius 1 is 1.00 bits per heavy atom. The number of hydrogen-bond donors (Lipinski definition) is 2. The summed E-state index contributed by atoms with van der Waals surface area (Å²) in [5.74, 6) is 0.0870. The molecule has 11 atom stereocenters. The lowest BCUT2D eigenvalue weighted by Gasteiger charge is -2.63. The molecule has 57 heavy (non-hydrogen) atoms. The average Bonchev–Trinajstić information content (AvgIpc) is 3.73. The van der Waals surface area contributed by atoms with E-state index in [0.717, 1.165) is 60.0 Å². The third kappa shape index (κ3) is 4.78. The van der Waals surface area contributed by atoms with Gasteiger partial charge < -0.3 is 24.2 Å². The lowest BCUT2D eigenvalue weighted by molar-refractivity contribution is -0.225. The maximum absolute atomic E-state index is 14.6. The number of H-pyrrole nitrogens is 2. The van der Waals surface area contributed by atoms with Gasteiger partial charge in [-0.15, -0.1) is 0 Å². The molecule has 2 unspecified atom stereocenters. The molecule has 4 aromatic rings. The van der Waals surface area contributed by atoms with Gasteiger partial charge in [-0.3, -0.25) is 24.2 Å². The maximum atomic E-state index is 14.6. The fraction of sp³-hybridized carbons (Fsp3) is 0.553. The SMILES string of the molecule is C/C=C1/CN2COC[C@]3(C(=O)OC)[C@@H]1C[C@@H](c1cccc4c5c([nH]c14)[C@]1(C(=O)OC)C[C@@H]4C[C@H](CC)[C@@H]1N(CC5)[C@@H]4CC(C)=O)c1[nH]c4ccccc4c1C[C@]23C. The van der Waals surface area contributed by atoms with E-state index in [-0.39, 0.29) is 47.6 Å². The lowest BCUT2D eigenvalue weighted by atomic mass is 9.52. The molecular formula is C47H56N4O6. The lowest BCUT2D eigenvalue weighted by Crippen LogP contribution is -2.74. The molecule has 2 N–H and O–H groups in total. The minimum Gasteiger partial charge on any atom is -0.468 e. The predicted octanol–water partition coefficient (Wildman–Crippen LogP) is 6.95. The molecule has 2 aromatic carbocycles. The number of carbonyl (C=O) groups excluding carboxylic acids is 3. The van der Waals surface area contributed by atoms with Crippen LogP contribution in [0.3, 0.4) is 0 Å². The molecule has 10 heteroatoms. The quantitative estimate of drug-likeness (QED) is 0.160. The van der Waals surface area contributed by atoms with E-state index in [1.165, 1.54) is 42.0 Å². The third-order valence-electron chi connectivity index (χ3n) is 16.2. The number of benzene rings is 2. The highest BCUT2D eigenvalue weighted by Crippen LogP contribution is 2.61. The number of ether oxygens (including phenoxy) is 3. The summed E-state index contributed by atoms with van der Waals surface area (Å²) in [6, 6.07) is 15.3. The first-order valence-electron chi connectivity index (χ1n) is 21.2. The second kappa shape index (κ2) is 13.1. The number of hydrogen-bond acceptors (Lipinski definition) is 8. The van der Waals surface area contributed by atoms with Gasteiger partial charge in [0, 0.05) is 82.2 Å². The van der Waals surface area contributed by atoms with E-state index in [0.29, 0.717) is 44.9 Å². The molecule has 8 bridgehead atoms. The minimum atomic E-state index is -0.930. The number of para-hydroxylation sites is 2. The Balaban J connectivity index is 1.21. The van der Waals surface area contributed by atoms with Gasteiger partial charge in [0.05, 0.1) is 27.6 Å². The summed E-state index contributed by atoms with van der Waals surface area (Å²) >= 11 is 0. The van der Waals surface area contributed by atoms with Gasteiger partial charge in [-0.2, -0.15) is 0 Å². The first-order chi connectivity index (χ1) is 27.6. The van der Waals surface area contributed by atoms with Crippen molar-refractivity contribution < 1.29 is 28.6 Å². The molecule has 7 heterocycles. The molecule has 1 saturated carbocycles. The van der Waals surface area contributed by atoms with Gasteiger partial charge in [-0.25, -0.2) is 0 Å². The van der Waals surface area contributed by atoms with Crippen molar-refractivity contribution in [3.05, 3.63) is 82.2 Å². The second-order valence-corrected chi connectivity index (χ2v) is 18.3. The standard InChI is InChI=1S/C47H56N4O6/c1-7-27-19-29-21-46(43(53)55-5)41-33(16-17-51(42(27)46)38(29)18-26(3)52)31-13-11-14-32(39(31)49-41)34-20-36-28(8-2)23-50-25-57-24-47(36,44(54)56-6)45(50,4)22-35-30-12-9-10-15-37(30)48-40(34)35/h8-15,27,29,34,36,38,42,48-49H,7,16-25H2,1-6H3/b28-8-/t27-,29-,34-,36+,38+,42-,45-,46+,47+/m0/s1. The normalized spacial score (nSPS) is 37.2. The molecule has 5 aliphatic heterocycles. The number of rotatable bonds is 6. The largest absolute Gasteiger partial charge is 0.468 e. The van der Waals surface area contributed by atoms with Crippen molar-refractivity contribution in [2.45, 2.75) is 102 Å². The number of piperidine rings is 3. The molecule has 300 valence electrons. The van der Waals surface area contributed by atoms with Crippen molar-refractivity contribution in [3.8, 4) is 0 Å². The van der Waals surface area contributed by atoms with Crippen molar-refractivity contribution in [2.75, 3.05) is 40.6 Å². The summed E-state index contributed by atoms with van der Waals surface area (Å²) in [6.45, 7) is 10.6. The zero-order valence-corrected chi connectivity index (χ0v) is 34.2. The molecule has 5 fully saturated rings. The van der Waals surface area contributed by atoms with Gasteiger partial charge in [-0.05, 0) is 87.5 Å². The van der Waals surface area contributed by atoms with E-state index in [2.05, 4.69) is 89.1 Å². The number of Topliss-reactive ketones (excluding diaryl/α,β-unsaturated/α-hetero) is 1. The number of nitrogens with one attached hydrogen (secondary N) is 2. The number of aromatic nitrogens is 2. The molecule has 10 nitrogen and oxygen atoms in total. The Hall–Kier alpha value is -4.25. The summed E-state index contributed by atoms with van der Waals surface area (Å²) in [5.41, 5.74) is 6.80. The zero-order chi connectivity index (χ0) is 39.6. The summed E-state index contributed by atoms with van der Waals surface area (Å²) in [4.78, 5) is 54.8. The summed E-state index contributed by atoms with van der Waals surface area (Å²) < 4.78 is 18.0. The zero-order valence-electron chi connectivity index (χ0n) is 34.2.